The molecule has 36 heavy (non-hydrogen) atoms. The fourth-order valence-electron chi connectivity index (χ4n) is 5.70. The van der Waals surface area contributed by atoms with Gasteiger partial charge in [-0.1, -0.05) is 6.07 Å². The average Bonchev–Trinajstić information content (AvgIpc) is 3.39. The zero-order valence-corrected chi connectivity index (χ0v) is 19.1. The van der Waals surface area contributed by atoms with Crippen molar-refractivity contribution >= 4 is 11.6 Å². The summed E-state index contributed by atoms with van der Waals surface area (Å²) < 4.78 is 72.3. The number of alkyl halides is 2. The van der Waals surface area contributed by atoms with E-state index in [0.29, 0.717) is 36.2 Å². The summed E-state index contributed by atoms with van der Waals surface area (Å²) in [4.78, 5) is 19.5. The Hall–Kier alpha value is -3.76. The molecule has 6 nitrogen and oxygen atoms in total. The van der Waals surface area contributed by atoms with Crippen LogP contribution in [-0.2, 0) is 13.5 Å². The van der Waals surface area contributed by atoms with Gasteiger partial charge in [0.05, 0.1) is 17.4 Å². The highest BCUT2D eigenvalue weighted by Gasteiger charge is 2.45. The van der Waals surface area contributed by atoms with E-state index in [4.69, 9.17) is 0 Å². The highest BCUT2D eigenvalue weighted by molar-refractivity contribution is 5.95. The average molecular weight is 501 g/mol. The van der Waals surface area contributed by atoms with Crippen molar-refractivity contribution in [3.63, 3.8) is 0 Å². The van der Waals surface area contributed by atoms with E-state index >= 15 is 0 Å². The maximum atomic E-state index is 14.0. The van der Waals surface area contributed by atoms with Crippen molar-refractivity contribution in [2.75, 3.05) is 0 Å². The zero-order chi connectivity index (χ0) is 25.3. The number of imidazole rings is 1. The first kappa shape index (κ1) is 22.7. The third-order valence-corrected chi connectivity index (χ3v) is 7.13. The van der Waals surface area contributed by atoms with Crippen LogP contribution in [-0.4, -0.2) is 36.0 Å². The number of aromatic nitrogens is 4. The topological polar surface area (TPSA) is 55.4 Å². The molecule has 186 valence electrons. The lowest BCUT2D eigenvalue weighted by atomic mass is 9.81. The molecular weight excluding hydrogens is 481 g/mol. The molecule has 11 heteroatoms. The summed E-state index contributed by atoms with van der Waals surface area (Å²) in [5.74, 6) is -4.72. The van der Waals surface area contributed by atoms with Crippen LogP contribution in [0, 0.1) is 17.5 Å². The molecule has 1 fully saturated rings. The lowest BCUT2D eigenvalue weighted by Gasteiger charge is -2.45. The van der Waals surface area contributed by atoms with E-state index in [9.17, 15) is 26.7 Å². The molecule has 1 amide bonds. The second kappa shape index (κ2) is 8.14. The largest absolute Gasteiger partial charge is 0.325 e. The van der Waals surface area contributed by atoms with Crippen molar-refractivity contribution in [2.24, 2.45) is 7.05 Å². The lowest BCUT2D eigenvalue weighted by molar-refractivity contribution is 0.0375. The van der Waals surface area contributed by atoms with Gasteiger partial charge in [-0.15, -0.1) is 0 Å². The maximum absolute atomic E-state index is 14.0. The SMILES string of the molecule is Cn1nc2c(c1-c1cc(F)c(F)c(F)c1)CC1CCCC2N1C(=O)c1c(C(F)F)nc2ccccn12. The second-order valence-electron chi connectivity index (χ2n) is 9.18. The van der Waals surface area contributed by atoms with Crippen LogP contribution in [0.5, 0.6) is 0 Å². The normalized spacial score (nSPS) is 19.2. The first-order valence-corrected chi connectivity index (χ1v) is 11.5. The number of rotatable bonds is 3. The molecule has 2 aliphatic heterocycles. The van der Waals surface area contributed by atoms with E-state index in [0.717, 1.165) is 18.6 Å². The van der Waals surface area contributed by atoms with Crippen molar-refractivity contribution in [3.05, 3.63) is 76.6 Å². The maximum Gasteiger partial charge on any atom is 0.282 e. The van der Waals surface area contributed by atoms with Gasteiger partial charge in [-0.05, 0) is 49.9 Å². The van der Waals surface area contributed by atoms with Crippen LogP contribution in [0.4, 0.5) is 22.0 Å². The molecular formula is C25H20F5N5O. The van der Waals surface area contributed by atoms with Crippen LogP contribution in [0.2, 0.25) is 0 Å². The van der Waals surface area contributed by atoms with Gasteiger partial charge in [0.25, 0.3) is 12.3 Å². The Morgan fingerprint density at radius 3 is 2.58 bits per heavy atom. The number of benzene rings is 1. The summed E-state index contributed by atoms with van der Waals surface area (Å²) in [5, 5.41) is 4.58. The molecule has 3 aromatic heterocycles. The minimum Gasteiger partial charge on any atom is -0.325 e. The molecule has 0 saturated carbocycles. The van der Waals surface area contributed by atoms with Crippen LogP contribution >= 0.6 is 0 Å². The summed E-state index contributed by atoms with van der Waals surface area (Å²) in [7, 11) is 1.61. The van der Waals surface area contributed by atoms with Gasteiger partial charge in [-0.3, -0.25) is 13.9 Å². The predicted octanol–water partition coefficient (Wildman–Crippen LogP) is 5.38. The highest BCUT2D eigenvalue weighted by atomic mass is 19.3. The fourth-order valence-corrected chi connectivity index (χ4v) is 5.70. The van der Waals surface area contributed by atoms with Crippen molar-refractivity contribution in [3.8, 4) is 11.3 Å². The Morgan fingerprint density at radius 1 is 1.11 bits per heavy atom. The number of hydrogen-bond acceptors (Lipinski definition) is 3. The fraction of sp³-hybridized carbons (Fsp3) is 0.320. The smallest absolute Gasteiger partial charge is 0.282 e. The Labute approximate surface area is 202 Å². The molecule has 1 saturated heterocycles. The number of aryl methyl sites for hydroxylation is 1. The van der Waals surface area contributed by atoms with E-state index in [-0.39, 0.29) is 22.9 Å². The zero-order valence-electron chi connectivity index (χ0n) is 19.1. The lowest BCUT2D eigenvalue weighted by Crippen LogP contribution is -2.50. The standard InChI is InChI=1S/C25H20F5N5O/c1-33-22(12-9-15(26)19(28)16(27)10-12)14-11-13-5-4-6-17(20(14)32-33)35(13)25(36)23-21(24(29)30)31-18-7-2-3-8-34(18)23/h2-3,7-10,13,17,24H,4-6,11H2,1H3. The van der Waals surface area contributed by atoms with Crippen molar-refractivity contribution in [1.82, 2.24) is 24.1 Å². The molecule has 1 aromatic carbocycles. The third-order valence-electron chi connectivity index (χ3n) is 7.13. The van der Waals surface area contributed by atoms with Crippen molar-refractivity contribution in [2.45, 2.75) is 44.2 Å². The van der Waals surface area contributed by atoms with E-state index in [1.165, 1.54) is 15.3 Å². The Bertz CT molecular complexity index is 1500. The van der Waals surface area contributed by atoms with Crippen LogP contribution in [0.25, 0.3) is 16.9 Å². The first-order valence-electron chi connectivity index (χ1n) is 11.5. The Morgan fingerprint density at radius 2 is 1.86 bits per heavy atom. The number of amides is 1. The van der Waals surface area contributed by atoms with Crippen LogP contribution < -0.4 is 0 Å². The van der Waals surface area contributed by atoms with Crippen LogP contribution in [0.1, 0.15) is 59.2 Å². The molecule has 2 atom stereocenters. The highest BCUT2D eigenvalue weighted by Crippen LogP contribution is 2.45. The van der Waals surface area contributed by atoms with Gasteiger partial charge in [0.15, 0.2) is 17.5 Å². The third kappa shape index (κ3) is 3.25. The number of fused-ring (bicyclic) bond motifs is 5. The van der Waals surface area contributed by atoms with E-state index in [1.807, 2.05) is 0 Å². The van der Waals surface area contributed by atoms with Gasteiger partial charge in [0, 0.05) is 30.4 Å². The number of piperidine rings is 1. The molecule has 2 bridgehead atoms. The van der Waals surface area contributed by atoms with Gasteiger partial charge in [0.2, 0.25) is 0 Å². The Kier molecular flexibility index (Phi) is 5.13. The Balaban J connectivity index is 1.47. The minimum absolute atomic E-state index is 0.141. The molecule has 6 rings (SSSR count). The van der Waals surface area contributed by atoms with Gasteiger partial charge in [0.1, 0.15) is 17.0 Å². The van der Waals surface area contributed by atoms with Crippen LogP contribution in [0.15, 0.2) is 36.5 Å². The monoisotopic (exact) mass is 501 g/mol. The molecule has 0 radical (unpaired) electrons. The predicted molar refractivity (Wildman–Crippen MR) is 119 cm³/mol. The van der Waals surface area contributed by atoms with Crippen molar-refractivity contribution < 1.29 is 26.7 Å². The number of carbonyl (C=O) groups is 1. The number of carbonyl (C=O) groups excluding carboxylic acids is 1. The van der Waals surface area contributed by atoms with E-state index in [1.54, 1.807) is 30.1 Å². The number of hydrogen-bond donors (Lipinski definition) is 0. The summed E-state index contributed by atoms with van der Waals surface area (Å²) >= 11 is 0. The molecule has 2 aliphatic rings. The van der Waals surface area contributed by atoms with E-state index in [2.05, 4.69) is 10.1 Å². The van der Waals surface area contributed by atoms with Crippen molar-refractivity contribution in [1.29, 1.82) is 0 Å². The summed E-state index contributed by atoms with van der Waals surface area (Å²) in [5.41, 5.74) is 1.34. The van der Waals surface area contributed by atoms with Gasteiger partial charge in [-0.25, -0.2) is 26.9 Å². The van der Waals surface area contributed by atoms with Gasteiger partial charge >= 0.3 is 0 Å². The van der Waals surface area contributed by atoms with Gasteiger partial charge < -0.3 is 4.90 Å². The number of halogens is 5. The van der Waals surface area contributed by atoms with Gasteiger partial charge in [-0.2, -0.15) is 5.10 Å². The summed E-state index contributed by atoms with van der Waals surface area (Å²) in [6.07, 6.45) is 0.903. The molecule has 0 aliphatic carbocycles. The molecule has 2 unspecified atom stereocenters. The first-order chi connectivity index (χ1) is 17.3. The number of pyridine rings is 1. The minimum atomic E-state index is -2.94. The summed E-state index contributed by atoms with van der Waals surface area (Å²) in [6.45, 7) is 0. The number of nitrogens with zero attached hydrogens (tertiary/aromatic N) is 5. The molecule has 4 aromatic rings. The molecule has 0 N–H and O–H groups in total. The van der Waals surface area contributed by atoms with Crippen LogP contribution in [0.3, 0.4) is 0 Å². The second-order valence-corrected chi connectivity index (χ2v) is 9.18. The summed E-state index contributed by atoms with van der Waals surface area (Å²) in [6, 6.07) is 5.87. The quantitative estimate of drug-likeness (QED) is 0.280. The molecule has 0 spiro atoms. The van der Waals surface area contributed by atoms with E-state index < -0.39 is 41.5 Å². The molecule has 5 heterocycles.